The second-order valence-corrected chi connectivity index (χ2v) is 3.49. The molecule has 0 aromatic rings. The molecular weight excluding hydrogens is 156 g/mol. The largest absolute Gasteiger partial charge is 0.353 e. The van der Waals surface area contributed by atoms with Gasteiger partial charge in [-0.2, -0.15) is 0 Å². The number of hydrogen-bond acceptors (Lipinski definition) is 2. The van der Waals surface area contributed by atoms with E-state index in [2.05, 4.69) is 23.9 Å². The van der Waals surface area contributed by atoms with E-state index in [0.717, 1.165) is 6.54 Å². The molecule has 1 aliphatic heterocycles. The molecule has 0 spiro atoms. The Hall–Kier alpha value is -0.150. The molecule has 1 rings (SSSR count). The van der Waals surface area contributed by atoms with Crippen LogP contribution in [0.4, 0.5) is 0 Å². The molecule has 0 aromatic heterocycles. The zero-order valence-corrected chi connectivity index (χ0v) is 8.10. The lowest BCUT2D eigenvalue weighted by molar-refractivity contribution is 0.111. The molecule has 1 heterocycles. The maximum atomic E-state index is 4.94. The van der Waals surface area contributed by atoms with Gasteiger partial charge >= 0.3 is 0 Å². The van der Waals surface area contributed by atoms with E-state index in [-0.39, 0.29) is 0 Å². The van der Waals surface area contributed by atoms with Crippen molar-refractivity contribution in [2.75, 3.05) is 20.6 Å². The molecule has 1 atom stereocenters. The van der Waals surface area contributed by atoms with Crippen LogP contribution in [0.15, 0.2) is 0 Å². The van der Waals surface area contributed by atoms with Gasteiger partial charge in [0.05, 0.1) is 11.7 Å². The number of thiocarbonyl (C=S) groups is 1. The molecule has 0 N–H and O–H groups in total. The second-order valence-electron chi connectivity index (χ2n) is 3.28. The maximum absolute atomic E-state index is 4.94. The van der Waals surface area contributed by atoms with Gasteiger partial charge in [0.15, 0.2) is 0 Å². The summed E-state index contributed by atoms with van der Waals surface area (Å²) in [5.74, 6) is 0. The van der Waals surface area contributed by atoms with Gasteiger partial charge in [0, 0.05) is 6.54 Å². The summed E-state index contributed by atoms with van der Waals surface area (Å²) in [7, 11) is 4.23. The summed E-state index contributed by atoms with van der Waals surface area (Å²) in [4.78, 5) is 4.49. The molecule has 11 heavy (non-hydrogen) atoms. The fourth-order valence-electron chi connectivity index (χ4n) is 1.61. The third-order valence-corrected chi connectivity index (χ3v) is 2.51. The topological polar surface area (TPSA) is 6.48 Å². The van der Waals surface area contributed by atoms with Crippen molar-refractivity contribution in [1.82, 2.24) is 9.80 Å². The Balaban J connectivity index is 2.51. The van der Waals surface area contributed by atoms with E-state index < -0.39 is 0 Å². The average molecular weight is 172 g/mol. The van der Waals surface area contributed by atoms with Gasteiger partial charge in [-0.1, -0.05) is 12.2 Å². The molecule has 0 saturated carbocycles. The molecule has 0 amide bonds. The van der Waals surface area contributed by atoms with Gasteiger partial charge in [0.2, 0.25) is 0 Å². The minimum Gasteiger partial charge on any atom is -0.353 e. The standard InChI is InChI=1S/C8H16N2S/c1-9(2)8-5-3-4-6-10(8)7-11/h7-8H,3-6H2,1-2H3. The summed E-state index contributed by atoms with van der Waals surface area (Å²) < 4.78 is 0. The van der Waals surface area contributed by atoms with Crippen LogP contribution in [-0.4, -0.2) is 42.1 Å². The first-order valence-electron chi connectivity index (χ1n) is 4.13. The molecule has 0 bridgehead atoms. The second kappa shape index (κ2) is 4.02. The first kappa shape index (κ1) is 8.94. The van der Waals surface area contributed by atoms with E-state index in [4.69, 9.17) is 12.2 Å². The van der Waals surface area contributed by atoms with Crippen molar-refractivity contribution in [3.8, 4) is 0 Å². The van der Waals surface area contributed by atoms with Crippen LogP contribution in [0.5, 0.6) is 0 Å². The molecule has 1 saturated heterocycles. The average Bonchev–Trinajstić information content (AvgIpc) is 2.04. The number of rotatable bonds is 2. The van der Waals surface area contributed by atoms with Gasteiger partial charge < -0.3 is 4.90 Å². The van der Waals surface area contributed by atoms with Crippen molar-refractivity contribution in [3.63, 3.8) is 0 Å². The minimum atomic E-state index is 0.543. The lowest BCUT2D eigenvalue weighted by atomic mass is 10.1. The van der Waals surface area contributed by atoms with Crippen molar-refractivity contribution in [3.05, 3.63) is 0 Å². The van der Waals surface area contributed by atoms with E-state index in [1.165, 1.54) is 19.3 Å². The third kappa shape index (κ3) is 2.14. The van der Waals surface area contributed by atoms with Crippen molar-refractivity contribution < 1.29 is 0 Å². The smallest absolute Gasteiger partial charge is 0.0817 e. The fourth-order valence-corrected chi connectivity index (χ4v) is 1.86. The Labute approximate surface area is 74.2 Å². The number of piperidine rings is 1. The van der Waals surface area contributed by atoms with Gasteiger partial charge in [0.25, 0.3) is 0 Å². The highest BCUT2D eigenvalue weighted by Crippen LogP contribution is 2.16. The van der Waals surface area contributed by atoms with Crippen molar-refractivity contribution in [2.45, 2.75) is 25.4 Å². The van der Waals surface area contributed by atoms with Crippen LogP contribution in [0.1, 0.15) is 19.3 Å². The highest BCUT2D eigenvalue weighted by atomic mass is 32.1. The van der Waals surface area contributed by atoms with Crippen LogP contribution in [0.25, 0.3) is 0 Å². The summed E-state index contributed by atoms with van der Waals surface area (Å²) in [6.07, 6.45) is 4.42. The van der Waals surface area contributed by atoms with Crippen molar-refractivity contribution in [1.29, 1.82) is 0 Å². The molecular formula is C8H16N2S. The van der Waals surface area contributed by atoms with Crippen molar-refractivity contribution in [2.24, 2.45) is 0 Å². The lowest BCUT2D eigenvalue weighted by Crippen LogP contribution is -2.46. The number of nitrogens with zero attached hydrogens (tertiary/aromatic N) is 2. The number of likely N-dealkylation sites (tertiary alicyclic amines) is 1. The SMILES string of the molecule is CN(C)C1CCCCN1C=S. The van der Waals surface area contributed by atoms with Crippen molar-refractivity contribution >= 4 is 17.7 Å². The van der Waals surface area contributed by atoms with Crippen LogP contribution in [0, 0.1) is 0 Å². The zero-order chi connectivity index (χ0) is 8.27. The van der Waals surface area contributed by atoms with Crippen LogP contribution >= 0.6 is 12.2 Å². The van der Waals surface area contributed by atoms with E-state index in [9.17, 15) is 0 Å². The molecule has 0 aliphatic carbocycles. The van der Waals surface area contributed by atoms with Gasteiger partial charge in [-0.25, -0.2) is 0 Å². The predicted octanol–water partition coefficient (Wildman–Crippen LogP) is 1.32. The Morgan fingerprint density at radius 3 is 2.64 bits per heavy atom. The van der Waals surface area contributed by atoms with E-state index in [1.54, 1.807) is 5.49 Å². The van der Waals surface area contributed by atoms with Gasteiger partial charge in [-0.15, -0.1) is 0 Å². The number of hydrogen-bond donors (Lipinski definition) is 0. The Kier molecular flexibility index (Phi) is 3.27. The van der Waals surface area contributed by atoms with Crippen LogP contribution in [0.2, 0.25) is 0 Å². The summed E-state index contributed by atoms with van der Waals surface area (Å²) >= 11 is 4.94. The maximum Gasteiger partial charge on any atom is 0.0817 e. The molecule has 0 radical (unpaired) electrons. The fraction of sp³-hybridized carbons (Fsp3) is 0.875. The van der Waals surface area contributed by atoms with Crippen LogP contribution in [0.3, 0.4) is 0 Å². The van der Waals surface area contributed by atoms with Gasteiger partial charge in [-0.3, -0.25) is 4.90 Å². The Morgan fingerprint density at radius 2 is 2.18 bits per heavy atom. The van der Waals surface area contributed by atoms with Gasteiger partial charge in [0.1, 0.15) is 0 Å². The first-order valence-corrected chi connectivity index (χ1v) is 4.60. The Bertz CT molecular complexity index is 136. The summed E-state index contributed by atoms with van der Waals surface area (Å²) in [5, 5.41) is 0. The molecule has 3 heteroatoms. The first-order chi connectivity index (χ1) is 5.25. The molecule has 2 nitrogen and oxygen atoms in total. The summed E-state index contributed by atoms with van der Waals surface area (Å²) in [6, 6.07) is 0. The van der Waals surface area contributed by atoms with Crippen LogP contribution < -0.4 is 0 Å². The highest BCUT2D eigenvalue weighted by molar-refractivity contribution is 7.78. The summed E-state index contributed by atoms with van der Waals surface area (Å²) in [6.45, 7) is 1.13. The monoisotopic (exact) mass is 172 g/mol. The van der Waals surface area contributed by atoms with Crippen LogP contribution in [-0.2, 0) is 0 Å². The molecule has 1 fully saturated rings. The zero-order valence-electron chi connectivity index (χ0n) is 7.29. The molecule has 1 aliphatic rings. The normalized spacial score (nSPS) is 25.7. The highest BCUT2D eigenvalue weighted by Gasteiger charge is 2.20. The molecule has 64 valence electrons. The van der Waals surface area contributed by atoms with E-state index in [0.29, 0.717) is 6.17 Å². The molecule has 1 unspecified atom stereocenters. The Morgan fingerprint density at radius 1 is 1.45 bits per heavy atom. The third-order valence-electron chi connectivity index (χ3n) is 2.24. The lowest BCUT2D eigenvalue weighted by Gasteiger charge is -2.38. The predicted molar refractivity (Wildman–Crippen MR) is 51.7 cm³/mol. The van der Waals surface area contributed by atoms with Gasteiger partial charge in [-0.05, 0) is 33.4 Å². The van der Waals surface area contributed by atoms with E-state index >= 15 is 0 Å². The van der Waals surface area contributed by atoms with E-state index in [1.807, 2.05) is 0 Å². The molecule has 0 aromatic carbocycles. The quantitative estimate of drug-likeness (QED) is 0.580. The minimum absolute atomic E-state index is 0.543. The summed E-state index contributed by atoms with van der Waals surface area (Å²) in [5.41, 5.74) is 1.80.